The van der Waals surface area contributed by atoms with E-state index in [0.29, 0.717) is 16.4 Å². The molecule has 0 aliphatic rings. The summed E-state index contributed by atoms with van der Waals surface area (Å²) in [5.74, 6) is 0. The van der Waals surface area contributed by atoms with Crippen molar-refractivity contribution in [2.45, 2.75) is 0 Å². The second-order valence-electron chi connectivity index (χ2n) is 2.47. The van der Waals surface area contributed by atoms with Gasteiger partial charge in [-0.15, -0.1) is 0 Å². The maximum Gasteiger partial charge on any atom is 0.168 e. The van der Waals surface area contributed by atoms with Gasteiger partial charge in [0, 0.05) is 10.7 Å². The van der Waals surface area contributed by atoms with Crippen molar-refractivity contribution in [3.8, 4) is 0 Å². The van der Waals surface area contributed by atoms with E-state index < -0.39 is 0 Å². The van der Waals surface area contributed by atoms with Gasteiger partial charge in [-0.2, -0.15) is 0 Å². The van der Waals surface area contributed by atoms with Crippen molar-refractivity contribution in [2.75, 3.05) is 0 Å². The van der Waals surface area contributed by atoms with Crippen LogP contribution < -0.4 is 0 Å². The molecule has 0 aliphatic carbocycles. The molecule has 0 radical (unpaired) electrons. The van der Waals surface area contributed by atoms with Crippen LogP contribution in [0.1, 0.15) is 10.5 Å². The Labute approximate surface area is 87.5 Å². The van der Waals surface area contributed by atoms with Crippen molar-refractivity contribution in [1.82, 2.24) is 9.38 Å². The number of carbonyl (C=O) groups is 1. The number of aromatic nitrogens is 2. The largest absolute Gasteiger partial charge is 0.296 e. The van der Waals surface area contributed by atoms with E-state index in [1.807, 2.05) is 0 Å². The summed E-state index contributed by atoms with van der Waals surface area (Å²) in [6.45, 7) is 0. The first-order valence-corrected chi connectivity index (χ1v) is 4.67. The third-order valence-corrected chi connectivity index (χ3v) is 2.98. The fourth-order valence-corrected chi connectivity index (χ4v) is 1.60. The minimum absolute atomic E-state index is 0.490. The molecule has 2 aromatic heterocycles. The number of fused-ring (bicyclic) bond motifs is 1. The first-order chi connectivity index (χ1) is 6.24. The molecule has 0 saturated heterocycles. The molecule has 0 N–H and O–H groups in total. The van der Waals surface area contributed by atoms with Gasteiger partial charge in [0.25, 0.3) is 0 Å². The van der Waals surface area contributed by atoms with Crippen molar-refractivity contribution >= 4 is 39.5 Å². The van der Waals surface area contributed by atoms with E-state index in [0.717, 1.165) is 10.8 Å². The molecule has 0 aliphatic heterocycles. The Morgan fingerprint density at radius 1 is 1.62 bits per heavy atom. The zero-order valence-corrected chi connectivity index (χ0v) is 8.71. The van der Waals surface area contributed by atoms with Crippen LogP contribution in [0.2, 0.25) is 5.02 Å². The summed E-state index contributed by atoms with van der Waals surface area (Å²) in [6, 6.07) is 1.77. The van der Waals surface area contributed by atoms with Gasteiger partial charge in [-0.1, -0.05) is 11.6 Å². The first kappa shape index (κ1) is 8.72. The van der Waals surface area contributed by atoms with E-state index in [-0.39, 0.29) is 0 Å². The predicted octanol–water partition coefficient (Wildman–Crippen LogP) is 2.56. The number of carbonyl (C=O) groups excluding carboxylic acids is 1. The summed E-state index contributed by atoms with van der Waals surface area (Å²) in [4.78, 5) is 14.6. The summed E-state index contributed by atoms with van der Waals surface area (Å²) in [6.07, 6.45) is 3.97. The van der Waals surface area contributed by atoms with Crippen LogP contribution in [-0.4, -0.2) is 15.7 Å². The van der Waals surface area contributed by atoms with E-state index in [1.165, 1.54) is 6.20 Å². The van der Waals surface area contributed by atoms with Crippen LogP contribution in [0.25, 0.3) is 5.65 Å². The monoisotopic (exact) mass is 258 g/mol. The maximum atomic E-state index is 10.6. The lowest BCUT2D eigenvalue weighted by Crippen LogP contribution is -1.90. The van der Waals surface area contributed by atoms with E-state index in [9.17, 15) is 4.79 Å². The van der Waals surface area contributed by atoms with Gasteiger partial charge in [-0.25, -0.2) is 4.98 Å². The zero-order valence-electron chi connectivity index (χ0n) is 6.37. The highest BCUT2D eigenvalue weighted by atomic mass is 79.9. The quantitative estimate of drug-likeness (QED) is 0.738. The highest BCUT2D eigenvalue weighted by molar-refractivity contribution is 9.10. The number of pyridine rings is 1. The fourth-order valence-electron chi connectivity index (χ4n) is 1.10. The SMILES string of the molecule is O=Cc1cnc2c(Cl)c(Br)ccn12. The van der Waals surface area contributed by atoms with Gasteiger partial charge in [0.15, 0.2) is 11.9 Å². The van der Waals surface area contributed by atoms with Crippen molar-refractivity contribution < 1.29 is 4.79 Å². The standard InChI is InChI=1S/C8H4BrClN2O/c9-6-1-2-12-5(4-13)3-11-8(12)7(6)10/h1-4H. The van der Waals surface area contributed by atoms with Gasteiger partial charge in [0.05, 0.1) is 11.2 Å². The number of rotatable bonds is 1. The number of halogens is 2. The fraction of sp³-hybridized carbons (Fsp3) is 0. The third-order valence-electron chi connectivity index (χ3n) is 1.72. The highest BCUT2D eigenvalue weighted by Crippen LogP contribution is 2.26. The lowest BCUT2D eigenvalue weighted by Gasteiger charge is -1.98. The van der Waals surface area contributed by atoms with E-state index >= 15 is 0 Å². The summed E-state index contributed by atoms with van der Waals surface area (Å²) in [5.41, 5.74) is 1.07. The average Bonchev–Trinajstić information content (AvgIpc) is 2.55. The van der Waals surface area contributed by atoms with Crippen LogP contribution in [0.15, 0.2) is 22.9 Å². The molecule has 0 atom stereocenters. The molecule has 0 fully saturated rings. The Morgan fingerprint density at radius 2 is 2.38 bits per heavy atom. The molecule has 0 saturated carbocycles. The minimum atomic E-state index is 0.490. The van der Waals surface area contributed by atoms with Gasteiger partial charge >= 0.3 is 0 Å². The number of aldehydes is 1. The van der Waals surface area contributed by atoms with E-state index in [2.05, 4.69) is 20.9 Å². The van der Waals surface area contributed by atoms with Gasteiger partial charge in [-0.3, -0.25) is 9.20 Å². The molecule has 0 aromatic carbocycles. The highest BCUT2D eigenvalue weighted by Gasteiger charge is 2.07. The average molecular weight is 259 g/mol. The molecule has 5 heteroatoms. The van der Waals surface area contributed by atoms with E-state index in [1.54, 1.807) is 16.7 Å². The smallest absolute Gasteiger partial charge is 0.168 e. The molecule has 2 aromatic rings. The number of hydrogen-bond donors (Lipinski definition) is 0. The molecular formula is C8H4BrClN2O. The molecule has 2 heterocycles. The molecule has 0 unspecified atom stereocenters. The van der Waals surface area contributed by atoms with Crippen LogP contribution in [0.3, 0.4) is 0 Å². The maximum absolute atomic E-state index is 10.6. The molecule has 66 valence electrons. The Bertz CT molecular complexity index is 480. The first-order valence-electron chi connectivity index (χ1n) is 3.50. The van der Waals surface area contributed by atoms with Crippen LogP contribution in [0.4, 0.5) is 0 Å². The van der Waals surface area contributed by atoms with Gasteiger partial charge < -0.3 is 0 Å². The third kappa shape index (κ3) is 1.26. The van der Waals surface area contributed by atoms with Crippen LogP contribution >= 0.6 is 27.5 Å². The lowest BCUT2D eigenvalue weighted by atomic mass is 10.4. The topological polar surface area (TPSA) is 34.4 Å². The molecule has 2 rings (SSSR count). The van der Waals surface area contributed by atoms with Crippen LogP contribution in [0.5, 0.6) is 0 Å². The Balaban J connectivity index is 2.88. The van der Waals surface area contributed by atoms with Crippen molar-refractivity contribution in [3.63, 3.8) is 0 Å². The van der Waals surface area contributed by atoms with Crippen LogP contribution in [-0.2, 0) is 0 Å². The Hall–Kier alpha value is -0.870. The Morgan fingerprint density at radius 3 is 3.08 bits per heavy atom. The van der Waals surface area contributed by atoms with Crippen molar-refractivity contribution in [1.29, 1.82) is 0 Å². The van der Waals surface area contributed by atoms with Crippen molar-refractivity contribution in [2.24, 2.45) is 0 Å². The number of imidazole rings is 1. The summed E-state index contributed by atoms with van der Waals surface area (Å²) < 4.78 is 2.41. The molecule has 0 spiro atoms. The Kier molecular flexibility index (Phi) is 2.09. The van der Waals surface area contributed by atoms with Gasteiger partial charge in [-0.05, 0) is 22.0 Å². The van der Waals surface area contributed by atoms with Gasteiger partial charge in [0.1, 0.15) is 5.69 Å². The number of nitrogens with zero attached hydrogens (tertiary/aromatic N) is 2. The number of hydrogen-bond acceptors (Lipinski definition) is 2. The van der Waals surface area contributed by atoms with Crippen molar-refractivity contribution in [3.05, 3.63) is 33.6 Å². The summed E-state index contributed by atoms with van der Waals surface area (Å²) >= 11 is 9.22. The van der Waals surface area contributed by atoms with E-state index in [4.69, 9.17) is 11.6 Å². The molecule has 0 amide bonds. The minimum Gasteiger partial charge on any atom is -0.296 e. The zero-order chi connectivity index (χ0) is 9.42. The predicted molar refractivity (Wildman–Crippen MR) is 53.3 cm³/mol. The molecule has 13 heavy (non-hydrogen) atoms. The lowest BCUT2D eigenvalue weighted by molar-refractivity contribution is 0.111. The van der Waals surface area contributed by atoms with Crippen LogP contribution in [0, 0.1) is 0 Å². The molecular weight excluding hydrogens is 255 g/mol. The van der Waals surface area contributed by atoms with Gasteiger partial charge in [0.2, 0.25) is 0 Å². The summed E-state index contributed by atoms with van der Waals surface area (Å²) in [5, 5.41) is 0.510. The normalized spacial score (nSPS) is 10.6. The second kappa shape index (κ2) is 3.12. The molecule has 3 nitrogen and oxygen atoms in total. The molecule has 0 bridgehead atoms. The second-order valence-corrected chi connectivity index (χ2v) is 3.70. The summed E-state index contributed by atoms with van der Waals surface area (Å²) in [7, 11) is 0.